The van der Waals surface area contributed by atoms with Crippen molar-refractivity contribution < 1.29 is 14.2 Å². The summed E-state index contributed by atoms with van der Waals surface area (Å²) in [5.74, 6) is 2.02. The van der Waals surface area contributed by atoms with E-state index in [2.05, 4.69) is 11.0 Å². The van der Waals surface area contributed by atoms with Crippen LogP contribution in [0.15, 0.2) is 6.07 Å². The number of ether oxygens (including phenoxy) is 3. The van der Waals surface area contributed by atoms with Gasteiger partial charge >= 0.3 is 0 Å². The SMILES string of the molecule is COc1cc2c(c(OC)c1OC)CCN2CCC#N. The predicted octanol–water partition coefficient (Wildman–Crippen LogP) is 1.99. The largest absolute Gasteiger partial charge is 0.493 e. The maximum absolute atomic E-state index is 8.71. The summed E-state index contributed by atoms with van der Waals surface area (Å²) in [6.07, 6.45) is 1.40. The number of hydrogen-bond acceptors (Lipinski definition) is 5. The minimum absolute atomic E-state index is 0.510. The second-order valence-corrected chi connectivity index (χ2v) is 4.29. The van der Waals surface area contributed by atoms with Crippen molar-refractivity contribution in [2.45, 2.75) is 12.8 Å². The highest BCUT2D eigenvalue weighted by Gasteiger charge is 2.27. The van der Waals surface area contributed by atoms with E-state index in [4.69, 9.17) is 19.5 Å². The Morgan fingerprint density at radius 3 is 2.53 bits per heavy atom. The van der Waals surface area contributed by atoms with Crippen LogP contribution in [0, 0.1) is 11.3 Å². The predicted molar refractivity (Wildman–Crippen MR) is 72.2 cm³/mol. The standard InChI is InChI=1S/C14H18N2O3/c1-17-12-9-11-10(13(18-2)14(12)19-3)5-8-16(11)7-4-6-15/h9H,4-5,7-8H2,1-3H3. The summed E-state index contributed by atoms with van der Waals surface area (Å²) in [6.45, 7) is 1.62. The molecule has 2 rings (SSSR count). The van der Waals surface area contributed by atoms with E-state index in [9.17, 15) is 0 Å². The maximum Gasteiger partial charge on any atom is 0.203 e. The van der Waals surface area contributed by atoms with Gasteiger partial charge in [0.2, 0.25) is 5.75 Å². The average Bonchev–Trinajstić information content (AvgIpc) is 2.85. The van der Waals surface area contributed by atoms with Crippen LogP contribution in [-0.4, -0.2) is 34.4 Å². The lowest BCUT2D eigenvalue weighted by atomic mass is 10.1. The lowest BCUT2D eigenvalue weighted by Gasteiger charge is -2.20. The Balaban J connectivity index is 2.46. The molecule has 19 heavy (non-hydrogen) atoms. The lowest BCUT2D eigenvalue weighted by molar-refractivity contribution is 0.323. The van der Waals surface area contributed by atoms with Gasteiger partial charge in [0, 0.05) is 30.4 Å². The van der Waals surface area contributed by atoms with Gasteiger partial charge in [-0.15, -0.1) is 0 Å². The summed E-state index contributed by atoms with van der Waals surface area (Å²) in [5.41, 5.74) is 2.20. The Labute approximate surface area is 113 Å². The van der Waals surface area contributed by atoms with E-state index in [0.717, 1.165) is 36.5 Å². The van der Waals surface area contributed by atoms with E-state index in [1.54, 1.807) is 21.3 Å². The highest BCUT2D eigenvalue weighted by atomic mass is 16.5. The summed E-state index contributed by atoms with van der Waals surface area (Å²) < 4.78 is 16.2. The summed E-state index contributed by atoms with van der Waals surface area (Å²) in [4.78, 5) is 2.18. The van der Waals surface area contributed by atoms with Crippen molar-refractivity contribution in [3.63, 3.8) is 0 Å². The van der Waals surface area contributed by atoms with E-state index >= 15 is 0 Å². The molecule has 1 aliphatic rings. The number of benzene rings is 1. The normalized spacial score (nSPS) is 12.8. The second kappa shape index (κ2) is 5.70. The van der Waals surface area contributed by atoms with Crippen LogP contribution >= 0.6 is 0 Å². The molecule has 0 unspecified atom stereocenters. The Kier molecular flexibility index (Phi) is 4.00. The van der Waals surface area contributed by atoms with E-state index in [1.165, 1.54) is 0 Å². The van der Waals surface area contributed by atoms with Gasteiger partial charge in [-0.1, -0.05) is 0 Å². The molecule has 0 fully saturated rings. The number of anilines is 1. The first kappa shape index (κ1) is 13.3. The first-order valence-electron chi connectivity index (χ1n) is 6.20. The highest BCUT2D eigenvalue weighted by Crippen LogP contribution is 2.47. The number of methoxy groups -OCH3 is 3. The second-order valence-electron chi connectivity index (χ2n) is 4.29. The molecule has 102 valence electrons. The maximum atomic E-state index is 8.71. The Morgan fingerprint density at radius 1 is 1.21 bits per heavy atom. The zero-order valence-electron chi connectivity index (χ0n) is 11.5. The molecule has 0 saturated carbocycles. The summed E-state index contributed by atoms with van der Waals surface area (Å²) in [6, 6.07) is 4.14. The van der Waals surface area contributed by atoms with Crippen LogP contribution in [-0.2, 0) is 6.42 Å². The van der Waals surface area contributed by atoms with Crippen molar-refractivity contribution in [1.82, 2.24) is 0 Å². The molecule has 0 spiro atoms. The Bertz CT molecular complexity index is 508. The molecule has 0 aliphatic carbocycles. The lowest BCUT2D eigenvalue weighted by Crippen LogP contribution is -2.21. The van der Waals surface area contributed by atoms with Gasteiger partial charge in [-0.05, 0) is 6.42 Å². The van der Waals surface area contributed by atoms with Crippen molar-refractivity contribution >= 4 is 5.69 Å². The highest BCUT2D eigenvalue weighted by molar-refractivity contribution is 5.72. The zero-order valence-corrected chi connectivity index (χ0v) is 11.5. The van der Waals surface area contributed by atoms with Crippen LogP contribution in [0.3, 0.4) is 0 Å². The summed E-state index contributed by atoms with van der Waals surface area (Å²) in [7, 11) is 4.85. The van der Waals surface area contributed by atoms with Crippen molar-refractivity contribution in [1.29, 1.82) is 5.26 Å². The summed E-state index contributed by atoms with van der Waals surface area (Å²) >= 11 is 0. The minimum Gasteiger partial charge on any atom is -0.493 e. The summed E-state index contributed by atoms with van der Waals surface area (Å²) in [5, 5.41) is 8.71. The molecule has 1 aliphatic heterocycles. The zero-order chi connectivity index (χ0) is 13.8. The van der Waals surface area contributed by atoms with Crippen LogP contribution in [0.5, 0.6) is 17.2 Å². The van der Waals surface area contributed by atoms with Crippen molar-refractivity contribution in [2.75, 3.05) is 39.3 Å². The molecule has 1 aromatic rings. The molecule has 1 aromatic carbocycles. The van der Waals surface area contributed by atoms with Crippen LogP contribution in [0.4, 0.5) is 5.69 Å². The topological polar surface area (TPSA) is 54.7 Å². The molecule has 0 aromatic heterocycles. The molecular weight excluding hydrogens is 244 g/mol. The van der Waals surface area contributed by atoms with Gasteiger partial charge < -0.3 is 19.1 Å². The van der Waals surface area contributed by atoms with Gasteiger partial charge in [-0.2, -0.15) is 5.26 Å². The number of fused-ring (bicyclic) bond motifs is 1. The Hall–Kier alpha value is -2.09. The molecule has 0 radical (unpaired) electrons. The van der Waals surface area contributed by atoms with E-state index in [-0.39, 0.29) is 0 Å². The van der Waals surface area contributed by atoms with Crippen LogP contribution in [0.1, 0.15) is 12.0 Å². The van der Waals surface area contributed by atoms with Crippen molar-refractivity contribution in [3.8, 4) is 23.3 Å². The van der Waals surface area contributed by atoms with E-state index < -0.39 is 0 Å². The third-order valence-corrected chi connectivity index (χ3v) is 3.38. The molecule has 5 nitrogen and oxygen atoms in total. The number of nitrogens with zero attached hydrogens (tertiary/aromatic N) is 2. The number of nitriles is 1. The number of hydrogen-bond donors (Lipinski definition) is 0. The van der Waals surface area contributed by atoms with Crippen LogP contribution in [0.2, 0.25) is 0 Å². The fraction of sp³-hybridized carbons (Fsp3) is 0.500. The van der Waals surface area contributed by atoms with E-state index in [0.29, 0.717) is 17.9 Å². The quantitative estimate of drug-likeness (QED) is 0.812. The third kappa shape index (κ3) is 2.26. The monoisotopic (exact) mass is 262 g/mol. The van der Waals surface area contributed by atoms with E-state index in [1.807, 2.05) is 6.07 Å². The number of rotatable bonds is 5. The minimum atomic E-state index is 0.510. The molecule has 0 amide bonds. The first-order valence-corrected chi connectivity index (χ1v) is 6.20. The van der Waals surface area contributed by atoms with Crippen molar-refractivity contribution in [3.05, 3.63) is 11.6 Å². The third-order valence-electron chi connectivity index (χ3n) is 3.38. The fourth-order valence-corrected chi connectivity index (χ4v) is 2.51. The van der Waals surface area contributed by atoms with Gasteiger partial charge in [0.05, 0.1) is 33.8 Å². The molecule has 1 heterocycles. The molecule has 5 heteroatoms. The van der Waals surface area contributed by atoms with Crippen LogP contribution in [0.25, 0.3) is 0 Å². The molecule has 0 atom stereocenters. The molecule has 0 N–H and O–H groups in total. The molecule has 0 bridgehead atoms. The fourth-order valence-electron chi connectivity index (χ4n) is 2.51. The van der Waals surface area contributed by atoms with Crippen LogP contribution < -0.4 is 19.1 Å². The van der Waals surface area contributed by atoms with Crippen molar-refractivity contribution in [2.24, 2.45) is 0 Å². The van der Waals surface area contributed by atoms with Gasteiger partial charge in [0.15, 0.2) is 11.5 Å². The van der Waals surface area contributed by atoms with Gasteiger partial charge in [-0.25, -0.2) is 0 Å². The smallest absolute Gasteiger partial charge is 0.203 e. The molecule has 0 saturated heterocycles. The Morgan fingerprint density at radius 2 is 1.95 bits per heavy atom. The van der Waals surface area contributed by atoms with Gasteiger partial charge in [0.25, 0.3) is 0 Å². The van der Waals surface area contributed by atoms with Gasteiger partial charge in [0.1, 0.15) is 0 Å². The average molecular weight is 262 g/mol. The molecular formula is C14H18N2O3. The first-order chi connectivity index (χ1) is 9.26. The van der Waals surface area contributed by atoms with Gasteiger partial charge in [-0.3, -0.25) is 0 Å².